The number of nitrogens with two attached hydrogens (primary N) is 1. The number of aryl methyl sites for hydroxylation is 1. The number of nitrogen functional groups attached to an aromatic ring is 1. The van der Waals surface area contributed by atoms with Crippen LogP contribution in [-0.2, 0) is 36.1 Å². The maximum Gasteiger partial charge on any atom is 0.472 e. The lowest BCUT2D eigenvalue weighted by atomic mass is 10.00. The average Bonchev–Trinajstić information content (AvgIpc) is 3.53. The van der Waals surface area contributed by atoms with Gasteiger partial charge in [-0.1, -0.05) is 90.4 Å². The Labute approximate surface area is 297 Å². The molecule has 3 N–H and O–H groups in total. The second kappa shape index (κ2) is 22.1. The van der Waals surface area contributed by atoms with Crippen LogP contribution in [0.3, 0.4) is 0 Å². The lowest BCUT2D eigenvalue weighted by Crippen LogP contribution is -2.34. The zero-order valence-electron chi connectivity index (χ0n) is 30.2. The molecule has 278 valence electrons. The normalized spacial score (nSPS) is 14.7. The molecule has 1 aromatic carbocycles. The third kappa shape index (κ3) is 15.1. The fraction of sp³-hybridized carbons (Fsp3) is 0.649. The van der Waals surface area contributed by atoms with Crippen LogP contribution in [0.1, 0.15) is 127 Å². The van der Waals surface area contributed by atoms with Gasteiger partial charge in [0.25, 0.3) is 0 Å². The predicted molar refractivity (Wildman–Crippen MR) is 193 cm³/mol. The van der Waals surface area contributed by atoms with Gasteiger partial charge in [0.1, 0.15) is 17.7 Å². The monoisotopic (exact) mass is 717 g/mol. The Hall–Kier alpha value is -2.91. The highest BCUT2D eigenvalue weighted by Gasteiger charge is 2.31. The number of rotatable bonds is 27. The molecule has 11 nitrogen and oxygen atoms in total. The first kappa shape index (κ1) is 41.5. The van der Waals surface area contributed by atoms with E-state index in [1.807, 2.05) is 18.2 Å². The van der Waals surface area contributed by atoms with Crippen LogP contribution in [0.25, 0.3) is 5.52 Å². The molecule has 0 fully saturated rings. The van der Waals surface area contributed by atoms with Crippen LogP contribution >= 0.6 is 7.82 Å². The second-order valence-corrected chi connectivity index (χ2v) is 14.8. The molecule has 3 aromatic rings. The van der Waals surface area contributed by atoms with Gasteiger partial charge in [0.15, 0.2) is 5.82 Å². The zero-order chi connectivity index (χ0) is 36.2. The number of hydrogen-bond donors (Lipinski definition) is 2. The minimum absolute atomic E-state index is 0.0300. The van der Waals surface area contributed by atoms with Crippen molar-refractivity contribution in [3.8, 4) is 6.07 Å². The molecular weight excluding hydrogens is 660 g/mol. The van der Waals surface area contributed by atoms with Crippen LogP contribution in [0.15, 0.2) is 36.7 Å². The summed E-state index contributed by atoms with van der Waals surface area (Å²) in [5, 5.41) is 13.5. The van der Waals surface area contributed by atoms with Gasteiger partial charge in [0.05, 0.1) is 43.2 Å². The Morgan fingerprint density at radius 1 is 1.02 bits per heavy atom. The van der Waals surface area contributed by atoms with Crippen molar-refractivity contribution in [3.63, 3.8) is 0 Å². The Balaban J connectivity index is 1.46. The van der Waals surface area contributed by atoms with Crippen molar-refractivity contribution in [1.82, 2.24) is 14.6 Å². The van der Waals surface area contributed by atoms with Crippen molar-refractivity contribution in [2.75, 3.05) is 26.1 Å². The van der Waals surface area contributed by atoms with E-state index in [1.165, 1.54) is 83.7 Å². The molecule has 0 aliphatic rings. The number of ether oxygens (including phenoxy) is 2. The SMILES string of the molecule is CCCCCCCCCCCCCCC[C@H](COP(=O)(O)OC[C@](C)(CCc1ccc2c(N)ncnn12)OC)OCc1cc(F)cc(C#N)c1. The number of halogens is 1. The van der Waals surface area contributed by atoms with E-state index in [0.717, 1.165) is 31.0 Å². The maximum absolute atomic E-state index is 14.0. The number of benzene rings is 1. The molecule has 13 heteroatoms. The number of unbranched alkanes of at least 4 members (excludes halogenated alkanes) is 12. The molecule has 2 aromatic heterocycles. The standard InChI is InChI=1S/C37H57FN5O6P/c1-4-5-6-7-8-9-10-11-12-13-14-15-16-17-34(47-26-31-22-30(25-39)23-32(38)24-31)27-48-50(44,45)49-28-37(2,46-3)21-20-33-18-19-35-36(40)41-29-42-43(33)35/h18-19,22-24,29,34H,4-17,20-21,26-28H2,1-3H3,(H,44,45)(H2,40,41,42)/t34-,37+/m1/s1. The number of phosphoric ester groups is 1. The van der Waals surface area contributed by atoms with Crippen molar-refractivity contribution in [2.24, 2.45) is 0 Å². The van der Waals surface area contributed by atoms with Gasteiger partial charge in [-0.15, -0.1) is 0 Å². The van der Waals surface area contributed by atoms with Gasteiger partial charge in [-0.05, 0) is 62.1 Å². The van der Waals surface area contributed by atoms with Crippen molar-refractivity contribution < 1.29 is 32.4 Å². The number of nitrogens with zero attached hydrogens (tertiary/aromatic N) is 4. The van der Waals surface area contributed by atoms with E-state index >= 15 is 0 Å². The largest absolute Gasteiger partial charge is 0.472 e. The molecule has 50 heavy (non-hydrogen) atoms. The number of phosphoric acid groups is 1. The van der Waals surface area contributed by atoms with Crippen LogP contribution in [0, 0.1) is 17.1 Å². The average molecular weight is 718 g/mol. The summed E-state index contributed by atoms with van der Waals surface area (Å²) in [6, 6.07) is 9.74. The first-order valence-electron chi connectivity index (χ1n) is 18.1. The molecule has 0 amide bonds. The Morgan fingerprint density at radius 3 is 2.32 bits per heavy atom. The van der Waals surface area contributed by atoms with Crippen molar-refractivity contribution in [2.45, 2.75) is 135 Å². The molecule has 3 rings (SSSR count). The fourth-order valence-electron chi connectivity index (χ4n) is 5.87. The first-order valence-corrected chi connectivity index (χ1v) is 19.6. The Bertz CT molecular complexity index is 1520. The molecule has 0 aliphatic heterocycles. The lowest BCUT2D eigenvalue weighted by Gasteiger charge is -2.29. The number of aromatic nitrogens is 3. The summed E-state index contributed by atoms with van der Waals surface area (Å²) in [5.74, 6) is -0.148. The quantitative estimate of drug-likeness (QED) is 0.0577. The van der Waals surface area contributed by atoms with Gasteiger partial charge in [0.2, 0.25) is 0 Å². The van der Waals surface area contributed by atoms with Gasteiger partial charge in [0, 0.05) is 12.8 Å². The van der Waals surface area contributed by atoms with Gasteiger partial charge in [-0.3, -0.25) is 9.05 Å². The predicted octanol–water partition coefficient (Wildman–Crippen LogP) is 8.86. The van der Waals surface area contributed by atoms with E-state index in [0.29, 0.717) is 36.2 Å². The summed E-state index contributed by atoms with van der Waals surface area (Å²) < 4.78 is 51.3. The topological polar surface area (TPSA) is 154 Å². The summed E-state index contributed by atoms with van der Waals surface area (Å²) in [7, 11) is -2.96. The Morgan fingerprint density at radius 2 is 1.68 bits per heavy atom. The summed E-state index contributed by atoms with van der Waals surface area (Å²) in [6.07, 6.45) is 18.4. The summed E-state index contributed by atoms with van der Waals surface area (Å²) >= 11 is 0. The number of methoxy groups -OCH3 is 1. The van der Waals surface area contributed by atoms with E-state index in [4.69, 9.17) is 24.3 Å². The van der Waals surface area contributed by atoms with Gasteiger partial charge < -0.3 is 20.1 Å². The fourth-order valence-corrected chi connectivity index (χ4v) is 6.74. The molecule has 3 atom stereocenters. The second-order valence-electron chi connectivity index (χ2n) is 13.4. The Kier molecular flexibility index (Phi) is 18.4. The molecule has 1 unspecified atom stereocenters. The minimum Gasteiger partial charge on any atom is -0.382 e. The van der Waals surface area contributed by atoms with Gasteiger partial charge in [-0.2, -0.15) is 10.4 Å². The van der Waals surface area contributed by atoms with Crippen molar-refractivity contribution >= 4 is 19.2 Å². The van der Waals surface area contributed by atoms with Crippen molar-refractivity contribution in [3.05, 3.63) is 59.3 Å². The van der Waals surface area contributed by atoms with Crippen LogP contribution < -0.4 is 5.73 Å². The molecular formula is C37H57FN5O6P. The van der Waals surface area contributed by atoms with E-state index in [2.05, 4.69) is 17.0 Å². The number of anilines is 1. The van der Waals surface area contributed by atoms with Gasteiger partial charge >= 0.3 is 7.82 Å². The third-order valence-corrected chi connectivity index (χ3v) is 10.1. The first-order chi connectivity index (χ1) is 24.1. The highest BCUT2D eigenvalue weighted by molar-refractivity contribution is 7.47. The molecule has 0 saturated heterocycles. The van der Waals surface area contributed by atoms with Gasteiger partial charge in [-0.25, -0.2) is 18.5 Å². The minimum atomic E-state index is -4.48. The third-order valence-electron chi connectivity index (χ3n) is 9.12. The molecule has 0 aliphatic carbocycles. The highest BCUT2D eigenvalue weighted by atomic mass is 31.2. The van der Waals surface area contributed by atoms with E-state index in [1.54, 1.807) is 17.5 Å². The van der Waals surface area contributed by atoms with E-state index < -0.39 is 25.3 Å². The summed E-state index contributed by atoms with van der Waals surface area (Å²) in [6.45, 7) is 3.69. The highest BCUT2D eigenvalue weighted by Crippen LogP contribution is 2.45. The zero-order valence-corrected chi connectivity index (χ0v) is 31.1. The summed E-state index contributed by atoms with van der Waals surface area (Å²) in [4.78, 5) is 14.6. The van der Waals surface area contributed by atoms with E-state index in [9.17, 15) is 19.1 Å². The molecule has 0 spiro atoms. The molecule has 0 bridgehead atoms. The smallest absolute Gasteiger partial charge is 0.382 e. The summed E-state index contributed by atoms with van der Waals surface area (Å²) in [5.41, 5.74) is 7.33. The van der Waals surface area contributed by atoms with Crippen molar-refractivity contribution in [1.29, 1.82) is 5.26 Å². The van der Waals surface area contributed by atoms with Crippen LogP contribution in [0.5, 0.6) is 0 Å². The van der Waals surface area contributed by atoms with E-state index in [-0.39, 0.29) is 25.4 Å². The van der Waals surface area contributed by atoms with Crippen LogP contribution in [-0.4, -0.2) is 51.5 Å². The molecule has 0 saturated carbocycles. The molecule has 0 radical (unpaired) electrons. The van der Waals surface area contributed by atoms with Crippen LogP contribution in [0.4, 0.5) is 10.2 Å². The number of hydrogen-bond acceptors (Lipinski definition) is 9. The lowest BCUT2D eigenvalue weighted by molar-refractivity contribution is -0.0495. The maximum atomic E-state index is 14.0. The number of fused-ring (bicyclic) bond motifs is 1. The number of nitriles is 1. The van der Waals surface area contributed by atoms with Crippen LogP contribution in [0.2, 0.25) is 0 Å². The molecule has 2 heterocycles.